The Morgan fingerprint density at radius 2 is 1.71 bits per heavy atom. The van der Waals surface area contributed by atoms with E-state index in [0.717, 1.165) is 24.1 Å². The average molecular weight is 364 g/mol. The Bertz CT molecular complexity index is 1140. The first-order valence-corrected chi connectivity index (χ1v) is 9.61. The van der Waals surface area contributed by atoms with Crippen LogP contribution in [0.2, 0.25) is 0 Å². The van der Waals surface area contributed by atoms with Gasteiger partial charge in [0.25, 0.3) is 5.91 Å². The molecule has 1 heterocycles. The van der Waals surface area contributed by atoms with Crippen molar-refractivity contribution in [3.63, 3.8) is 0 Å². The molecule has 0 radical (unpaired) electrons. The van der Waals surface area contributed by atoms with E-state index in [1.807, 2.05) is 36.4 Å². The molecule has 136 valence electrons. The number of hydrogen-bond acceptors (Lipinski definition) is 2. The van der Waals surface area contributed by atoms with E-state index in [-0.39, 0.29) is 11.9 Å². The quantitative estimate of drug-likeness (QED) is 0.589. The molecular weight excluding hydrogens is 344 g/mol. The van der Waals surface area contributed by atoms with E-state index >= 15 is 0 Å². The summed E-state index contributed by atoms with van der Waals surface area (Å²) in [6.45, 7) is 0. The third-order valence-electron chi connectivity index (χ3n) is 5.46. The molecule has 1 aliphatic carbocycles. The highest BCUT2D eigenvalue weighted by Crippen LogP contribution is 2.38. The van der Waals surface area contributed by atoms with Gasteiger partial charge in [-0.2, -0.15) is 5.10 Å². The summed E-state index contributed by atoms with van der Waals surface area (Å²) in [6, 6.07) is 24.0. The lowest BCUT2D eigenvalue weighted by Gasteiger charge is -2.23. The van der Waals surface area contributed by atoms with E-state index in [2.05, 4.69) is 54.6 Å². The fourth-order valence-corrected chi connectivity index (χ4v) is 4.05. The van der Waals surface area contributed by atoms with E-state index in [9.17, 15) is 4.79 Å². The van der Waals surface area contributed by atoms with Crippen LogP contribution in [0.25, 0.3) is 10.8 Å². The summed E-state index contributed by atoms with van der Waals surface area (Å²) < 4.78 is 0. The van der Waals surface area contributed by atoms with Crippen LogP contribution in [0.4, 0.5) is 0 Å². The van der Waals surface area contributed by atoms with Gasteiger partial charge in [-0.3, -0.25) is 4.79 Å². The summed E-state index contributed by atoms with van der Waals surface area (Å²) >= 11 is 0. The number of carbonyl (C=O) groups is 1. The smallest absolute Gasteiger partial charge is 0.267 e. The predicted molar refractivity (Wildman–Crippen MR) is 113 cm³/mol. The first kappa shape index (κ1) is 16.7. The van der Waals surface area contributed by atoms with Crippen LogP contribution in [-0.2, 0) is 0 Å². The van der Waals surface area contributed by atoms with Crippen molar-refractivity contribution in [1.82, 2.24) is 5.01 Å². The molecule has 0 N–H and O–H groups in total. The van der Waals surface area contributed by atoms with Crippen molar-refractivity contribution in [3.8, 4) is 0 Å². The zero-order valence-electron chi connectivity index (χ0n) is 15.5. The van der Waals surface area contributed by atoms with Gasteiger partial charge in [0.05, 0.1) is 11.8 Å². The van der Waals surface area contributed by atoms with E-state index < -0.39 is 0 Å². The molecule has 0 saturated heterocycles. The van der Waals surface area contributed by atoms with Gasteiger partial charge in [-0.15, -0.1) is 0 Å². The standard InChI is InChI=1S/C25H20N2O/c28-25(20-12-2-1-3-13-20)27-24(17-23(26-27)19-10-4-5-11-19)22-16-8-14-18-9-6-7-15-21(18)22/h1-10,12-16,24H,11,17H2. The van der Waals surface area contributed by atoms with Gasteiger partial charge < -0.3 is 0 Å². The lowest BCUT2D eigenvalue weighted by molar-refractivity contribution is 0.0712. The molecule has 3 aromatic rings. The second-order valence-electron chi connectivity index (χ2n) is 7.17. The Balaban J connectivity index is 1.60. The largest absolute Gasteiger partial charge is 0.274 e. The second kappa shape index (κ2) is 6.93. The molecule has 28 heavy (non-hydrogen) atoms. The lowest BCUT2D eigenvalue weighted by atomic mass is 9.93. The molecule has 1 atom stereocenters. The number of benzene rings is 3. The summed E-state index contributed by atoms with van der Waals surface area (Å²) in [4.78, 5) is 13.3. The number of hydrogen-bond donors (Lipinski definition) is 0. The molecular formula is C25H20N2O. The van der Waals surface area contributed by atoms with Crippen molar-refractivity contribution in [1.29, 1.82) is 0 Å². The monoisotopic (exact) mass is 364 g/mol. The van der Waals surface area contributed by atoms with Crippen molar-refractivity contribution in [2.75, 3.05) is 0 Å². The number of carbonyl (C=O) groups excluding carboxylic acids is 1. The summed E-state index contributed by atoms with van der Waals surface area (Å²) in [5.74, 6) is -0.0555. The van der Waals surface area contributed by atoms with Crippen molar-refractivity contribution in [2.45, 2.75) is 18.9 Å². The molecule has 3 heteroatoms. The third-order valence-corrected chi connectivity index (χ3v) is 5.46. The van der Waals surface area contributed by atoms with Crippen molar-refractivity contribution < 1.29 is 4.79 Å². The Morgan fingerprint density at radius 1 is 0.929 bits per heavy atom. The van der Waals surface area contributed by atoms with Gasteiger partial charge in [0, 0.05) is 12.0 Å². The van der Waals surface area contributed by atoms with Crippen LogP contribution < -0.4 is 0 Å². The van der Waals surface area contributed by atoms with E-state index in [0.29, 0.717) is 5.56 Å². The van der Waals surface area contributed by atoms with Crippen LogP contribution >= 0.6 is 0 Å². The highest BCUT2D eigenvalue weighted by Gasteiger charge is 2.35. The van der Waals surface area contributed by atoms with E-state index in [1.54, 1.807) is 5.01 Å². The number of hydrazone groups is 1. The summed E-state index contributed by atoms with van der Waals surface area (Å²) in [6.07, 6.45) is 7.92. The first-order valence-electron chi connectivity index (χ1n) is 9.61. The highest BCUT2D eigenvalue weighted by atomic mass is 16.2. The molecule has 0 bridgehead atoms. The zero-order valence-corrected chi connectivity index (χ0v) is 15.5. The molecule has 0 aromatic heterocycles. The number of fused-ring (bicyclic) bond motifs is 1. The van der Waals surface area contributed by atoms with Gasteiger partial charge in [0.15, 0.2) is 0 Å². The number of nitrogens with zero attached hydrogens (tertiary/aromatic N) is 2. The number of allylic oxidation sites excluding steroid dienone is 4. The fraction of sp³-hybridized carbons (Fsp3) is 0.120. The van der Waals surface area contributed by atoms with Crippen molar-refractivity contribution in [2.24, 2.45) is 5.10 Å². The summed E-state index contributed by atoms with van der Waals surface area (Å²) in [7, 11) is 0. The molecule has 1 amide bonds. The molecule has 1 unspecified atom stereocenters. The van der Waals surface area contributed by atoms with Gasteiger partial charge in [0.2, 0.25) is 0 Å². The maximum atomic E-state index is 13.3. The molecule has 0 spiro atoms. The average Bonchev–Trinajstić information content (AvgIpc) is 3.43. The Kier molecular flexibility index (Phi) is 4.13. The van der Waals surface area contributed by atoms with Gasteiger partial charge in [-0.05, 0) is 40.5 Å². The molecule has 2 aliphatic rings. The molecule has 3 nitrogen and oxygen atoms in total. The van der Waals surface area contributed by atoms with E-state index in [4.69, 9.17) is 5.10 Å². The third kappa shape index (κ3) is 2.85. The molecule has 1 aliphatic heterocycles. The summed E-state index contributed by atoms with van der Waals surface area (Å²) in [5.41, 5.74) is 4.02. The van der Waals surface area contributed by atoms with Gasteiger partial charge in [0.1, 0.15) is 0 Å². The zero-order chi connectivity index (χ0) is 18.9. The Morgan fingerprint density at radius 3 is 2.54 bits per heavy atom. The molecule has 3 aromatic carbocycles. The minimum Gasteiger partial charge on any atom is -0.267 e. The van der Waals surface area contributed by atoms with E-state index in [1.165, 1.54) is 16.3 Å². The first-order chi connectivity index (χ1) is 13.8. The maximum Gasteiger partial charge on any atom is 0.274 e. The van der Waals surface area contributed by atoms with Crippen LogP contribution in [0.3, 0.4) is 0 Å². The van der Waals surface area contributed by atoms with Gasteiger partial charge in [-0.25, -0.2) is 5.01 Å². The second-order valence-corrected chi connectivity index (χ2v) is 7.17. The highest BCUT2D eigenvalue weighted by molar-refractivity contribution is 6.06. The Hall–Kier alpha value is -3.46. The van der Waals surface area contributed by atoms with Crippen molar-refractivity contribution in [3.05, 3.63) is 108 Å². The molecule has 0 saturated carbocycles. The normalized spacial score (nSPS) is 18.4. The summed E-state index contributed by atoms with van der Waals surface area (Å²) in [5, 5.41) is 8.85. The minimum absolute atomic E-state index is 0.0555. The maximum absolute atomic E-state index is 13.3. The number of amides is 1. The SMILES string of the molecule is O=C(c1ccccc1)N1N=C(C2=CC=CC2)CC1c1cccc2ccccc12. The van der Waals surface area contributed by atoms with Crippen molar-refractivity contribution >= 4 is 22.4 Å². The van der Waals surface area contributed by atoms with Crippen LogP contribution in [0, 0.1) is 0 Å². The van der Waals surface area contributed by atoms with Crippen LogP contribution in [0.5, 0.6) is 0 Å². The Labute approximate surface area is 164 Å². The molecule has 5 rings (SSSR count). The van der Waals surface area contributed by atoms with Crippen LogP contribution in [-0.4, -0.2) is 16.6 Å². The topological polar surface area (TPSA) is 32.7 Å². The lowest BCUT2D eigenvalue weighted by Crippen LogP contribution is -2.27. The van der Waals surface area contributed by atoms with Gasteiger partial charge in [-0.1, -0.05) is 78.9 Å². The minimum atomic E-state index is -0.102. The van der Waals surface area contributed by atoms with Gasteiger partial charge >= 0.3 is 0 Å². The van der Waals surface area contributed by atoms with Crippen LogP contribution in [0.1, 0.15) is 34.8 Å². The fourth-order valence-electron chi connectivity index (χ4n) is 4.05. The number of rotatable bonds is 3. The predicted octanol–water partition coefficient (Wildman–Crippen LogP) is 5.67. The van der Waals surface area contributed by atoms with Crippen LogP contribution in [0.15, 0.2) is 102 Å². The molecule has 0 fully saturated rings.